The van der Waals surface area contributed by atoms with Crippen LogP contribution in [0.3, 0.4) is 0 Å². The van der Waals surface area contributed by atoms with Gasteiger partial charge in [-0.3, -0.25) is 9.69 Å². The van der Waals surface area contributed by atoms with Crippen LogP contribution in [0.2, 0.25) is 0 Å². The number of hydrogen-bond donors (Lipinski definition) is 3. The zero-order valence-electron chi connectivity index (χ0n) is 23.5. The Labute approximate surface area is 229 Å². The van der Waals surface area contributed by atoms with E-state index in [9.17, 15) is 9.59 Å². The van der Waals surface area contributed by atoms with Crippen LogP contribution < -0.4 is 30.1 Å². The van der Waals surface area contributed by atoms with Crippen molar-refractivity contribution < 1.29 is 19.4 Å². The Morgan fingerprint density at radius 1 is 1.23 bits per heavy atom. The maximum Gasteiger partial charge on any atom is 0.404 e. The Morgan fingerprint density at radius 2 is 1.97 bits per heavy atom. The molecule has 1 atom stereocenters. The standard InChI is InChI=1S/C27H40N8O4/c1-6-21-25(36)32(4)22-17-29-26(31-24(22)35(21)18(2)3)30-20-9-8-19(16-23(20)39-5)34-14-12-33(13-15-34)11-7-10-28-27(37)38/h8-9,16-18,21,28H,6-7,10-15H2,1-5H3,(H,37,38)(H,29,30,31)/t21-/m1/s1. The molecule has 3 N–H and O–H groups in total. The van der Waals surface area contributed by atoms with E-state index in [0.717, 1.165) is 56.3 Å². The molecule has 0 unspecified atom stereocenters. The number of nitrogens with one attached hydrogen (secondary N) is 2. The van der Waals surface area contributed by atoms with Crippen LogP contribution in [0, 0.1) is 0 Å². The highest BCUT2D eigenvalue weighted by atomic mass is 16.5. The van der Waals surface area contributed by atoms with Crippen molar-refractivity contribution in [3.05, 3.63) is 24.4 Å². The first-order chi connectivity index (χ1) is 18.7. The van der Waals surface area contributed by atoms with E-state index >= 15 is 0 Å². The van der Waals surface area contributed by atoms with Crippen LogP contribution in [-0.4, -0.2) is 97.5 Å². The fourth-order valence-corrected chi connectivity index (χ4v) is 5.27. The molecule has 0 bridgehead atoms. The molecule has 1 aromatic heterocycles. The van der Waals surface area contributed by atoms with Crippen molar-refractivity contribution in [2.24, 2.45) is 0 Å². The second kappa shape index (κ2) is 12.4. The second-order valence-electron chi connectivity index (χ2n) is 10.1. The fraction of sp³-hybridized carbons (Fsp3) is 0.556. The number of carbonyl (C=O) groups is 2. The van der Waals surface area contributed by atoms with Gasteiger partial charge in [0.1, 0.15) is 17.5 Å². The van der Waals surface area contributed by atoms with Crippen molar-refractivity contribution in [1.29, 1.82) is 0 Å². The van der Waals surface area contributed by atoms with E-state index in [4.69, 9.17) is 14.8 Å². The number of hydrogen-bond acceptors (Lipinski definition) is 9. The molecule has 2 aromatic rings. The van der Waals surface area contributed by atoms with Crippen LogP contribution >= 0.6 is 0 Å². The number of carboxylic acid groups (broad SMARTS) is 1. The molecule has 2 aliphatic rings. The number of piperazine rings is 1. The summed E-state index contributed by atoms with van der Waals surface area (Å²) in [6.45, 7) is 11.1. The summed E-state index contributed by atoms with van der Waals surface area (Å²) in [7, 11) is 3.42. The summed E-state index contributed by atoms with van der Waals surface area (Å²) >= 11 is 0. The molecule has 12 heteroatoms. The lowest BCUT2D eigenvalue weighted by Gasteiger charge is -2.42. The smallest absolute Gasteiger partial charge is 0.404 e. The summed E-state index contributed by atoms with van der Waals surface area (Å²) in [5, 5.41) is 14.4. The van der Waals surface area contributed by atoms with Crippen LogP contribution in [0.5, 0.6) is 5.75 Å². The lowest BCUT2D eigenvalue weighted by atomic mass is 10.1. The number of rotatable bonds is 10. The molecule has 1 aromatic carbocycles. The Morgan fingerprint density at radius 3 is 2.62 bits per heavy atom. The molecule has 0 spiro atoms. The topological polar surface area (TPSA) is 126 Å². The molecule has 39 heavy (non-hydrogen) atoms. The number of likely N-dealkylation sites (N-methyl/N-ethyl adjacent to an activating group) is 1. The second-order valence-corrected chi connectivity index (χ2v) is 10.1. The van der Waals surface area contributed by atoms with Gasteiger partial charge >= 0.3 is 6.09 Å². The third-order valence-electron chi connectivity index (χ3n) is 7.35. The number of amides is 2. The van der Waals surface area contributed by atoms with Crippen LogP contribution in [-0.2, 0) is 4.79 Å². The normalized spacial score (nSPS) is 17.8. The number of nitrogens with zero attached hydrogens (tertiary/aromatic N) is 6. The number of aromatic nitrogens is 2. The van der Waals surface area contributed by atoms with Gasteiger partial charge in [-0.15, -0.1) is 0 Å². The lowest BCUT2D eigenvalue weighted by Crippen LogP contribution is -2.54. The molecule has 2 amide bonds. The lowest BCUT2D eigenvalue weighted by molar-refractivity contribution is -0.120. The molecule has 0 aliphatic carbocycles. The Kier molecular flexibility index (Phi) is 8.95. The summed E-state index contributed by atoms with van der Waals surface area (Å²) in [5.74, 6) is 1.92. The van der Waals surface area contributed by atoms with E-state index in [1.807, 2.05) is 19.1 Å². The first-order valence-corrected chi connectivity index (χ1v) is 13.6. The minimum Gasteiger partial charge on any atom is -0.494 e. The summed E-state index contributed by atoms with van der Waals surface area (Å²) in [6.07, 6.45) is 2.21. The van der Waals surface area contributed by atoms with Gasteiger partial charge < -0.3 is 35.2 Å². The average molecular weight is 541 g/mol. The number of benzene rings is 1. The van der Waals surface area contributed by atoms with E-state index in [0.29, 0.717) is 30.4 Å². The van der Waals surface area contributed by atoms with Crippen molar-refractivity contribution in [2.75, 3.05) is 73.4 Å². The number of fused-ring (bicyclic) bond motifs is 1. The summed E-state index contributed by atoms with van der Waals surface area (Å²) in [6, 6.07) is 5.90. The Balaban J connectivity index is 1.45. The van der Waals surface area contributed by atoms with Crippen molar-refractivity contribution in [3.8, 4) is 5.75 Å². The third-order valence-corrected chi connectivity index (χ3v) is 7.35. The van der Waals surface area contributed by atoms with Gasteiger partial charge in [0.15, 0.2) is 5.82 Å². The van der Waals surface area contributed by atoms with Crippen LogP contribution in [0.15, 0.2) is 24.4 Å². The Hall–Kier alpha value is -3.80. The predicted octanol–water partition coefficient (Wildman–Crippen LogP) is 2.98. The summed E-state index contributed by atoms with van der Waals surface area (Å²) in [4.78, 5) is 41.3. The van der Waals surface area contributed by atoms with Gasteiger partial charge in [0.25, 0.3) is 0 Å². The monoisotopic (exact) mass is 540 g/mol. The quantitative estimate of drug-likeness (QED) is 0.387. The summed E-state index contributed by atoms with van der Waals surface area (Å²) < 4.78 is 5.72. The SMILES string of the molecule is CC[C@@H]1C(=O)N(C)c2cnc(Nc3ccc(N4CCN(CCCNC(=O)O)CC4)cc3OC)nc2N1C(C)C. The first-order valence-electron chi connectivity index (χ1n) is 13.6. The van der Waals surface area contributed by atoms with Gasteiger partial charge in [-0.1, -0.05) is 6.92 Å². The molecule has 3 heterocycles. The van der Waals surface area contributed by atoms with Gasteiger partial charge in [-0.2, -0.15) is 4.98 Å². The molecule has 12 nitrogen and oxygen atoms in total. The largest absolute Gasteiger partial charge is 0.494 e. The predicted molar refractivity (Wildman–Crippen MR) is 153 cm³/mol. The van der Waals surface area contributed by atoms with Crippen molar-refractivity contribution in [3.63, 3.8) is 0 Å². The van der Waals surface area contributed by atoms with E-state index in [1.54, 1.807) is 25.3 Å². The molecular formula is C27H40N8O4. The highest BCUT2D eigenvalue weighted by molar-refractivity contribution is 6.04. The minimum absolute atomic E-state index is 0.0521. The fourth-order valence-electron chi connectivity index (χ4n) is 5.27. The number of carbonyl (C=O) groups excluding carboxylic acids is 1. The maximum absolute atomic E-state index is 12.9. The number of methoxy groups -OCH3 is 1. The van der Waals surface area contributed by atoms with Gasteiger partial charge in [0, 0.05) is 57.6 Å². The minimum atomic E-state index is -0.975. The molecular weight excluding hydrogens is 500 g/mol. The van der Waals surface area contributed by atoms with Gasteiger partial charge in [-0.05, 0) is 45.4 Å². The van der Waals surface area contributed by atoms with Crippen molar-refractivity contribution >= 4 is 40.8 Å². The molecule has 1 fully saturated rings. The zero-order chi connectivity index (χ0) is 28.1. The van der Waals surface area contributed by atoms with E-state index < -0.39 is 6.09 Å². The van der Waals surface area contributed by atoms with E-state index in [1.165, 1.54) is 0 Å². The van der Waals surface area contributed by atoms with Crippen molar-refractivity contribution in [1.82, 2.24) is 20.2 Å². The van der Waals surface area contributed by atoms with Crippen LogP contribution in [0.1, 0.15) is 33.6 Å². The Bertz CT molecular complexity index is 1170. The third kappa shape index (κ3) is 6.27. The van der Waals surface area contributed by atoms with Crippen molar-refractivity contribution in [2.45, 2.75) is 45.7 Å². The molecule has 0 saturated carbocycles. The van der Waals surface area contributed by atoms with E-state index in [-0.39, 0.29) is 18.0 Å². The maximum atomic E-state index is 12.9. The number of ether oxygens (including phenoxy) is 1. The van der Waals surface area contributed by atoms with Gasteiger partial charge in [-0.25, -0.2) is 9.78 Å². The zero-order valence-corrected chi connectivity index (χ0v) is 23.5. The van der Waals surface area contributed by atoms with E-state index in [2.05, 4.69) is 50.2 Å². The first kappa shape index (κ1) is 28.2. The molecule has 212 valence electrons. The number of anilines is 5. The molecule has 0 radical (unpaired) electrons. The summed E-state index contributed by atoms with van der Waals surface area (Å²) in [5.41, 5.74) is 2.53. The highest BCUT2D eigenvalue weighted by Gasteiger charge is 2.38. The molecule has 2 aliphatic heterocycles. The van der Waals surface area contributed by atoms with Crippen LogP contribution in [0.4, 0.5) is 33.6 Å². The van der Waals surface area contributed by atoms with Gasteiger partial charge in [0.05, 0.1) is 19.0 Å². The molecule has 4 rings (SSSR count). The molecule has 1 saturated heterocycles. The van der Waals surface area contributed by atoms with Crippen LogP contribution in [0.25, 0.3) is 0 Å². The average Bonchev–Trinajstić information content (AvgIpc) is 2.93. The highest BCUT2D eigenvalue weighted by Crippen LogP contribution is 2.37. The van der Waals surface area contributed by atoms with Gasteiger partial charge in [0.2, 0.25) is 11.9 Å².